The fourth-order valence-electron chi connectivity index (χ4n) is 2.00. The Morgan fingerprint density at radius 1 is 1.04 bits per heavy atom. The Balaban J connectivity index is 2.17. The van der Waals surface area contributed by atoms with Crippen LogP contribution in [0.3, 0.4) is 0 Å². The molecule has 120 valence electrons. The monoisotopic (exact) mass is 316 g/mol. The number of aromatic nitrogens is 1. The van der Waals surface area contributed by atoms with E-state index in [0.717, 1.165) is 5.56 Å². The topological polar surface area (TPSA) is 97.5 Å². The Hall–Kier alpha value is -3.09. The summed E-state index contributed by atoms with van der Waals surface area (Å²) in [5.74, 6) is -1.02. The van der Waals surface area contributed by atoms with Gasteiger partial charge in [0.15, 0.2) is 0 Å². The van der Waals surface area contributed by atoms with E-state index in [9.17, 15) is 14.4 Å². The number of methoxy groups -OCH3 is 2. The third-order valence-corrected chi connectivity index (χ3v) is 3.21. The molecule has 2 N–H and O–H groups in total. The molecular formula is C16H16N2O5. The van der Waals surface area contributed by atoms with Crippen LogP contribution in [0.25, 0.3) is 0 Å². The van der Waals surface area contributed by atoms with Crippen molar-refractivity contribution in [3.63, 3.8) is 0 Å². The Kier molecular flexibility index (Phi) is 5.14. The van der Waals surface area contributed by atoms with E-state index >= 15 is 0 Å². The van der Waals surface area contributed by atoms with Crippen molar-refractivity contribution in [3.05, 3.63) is 63.6 Å². The van der Waals surface area contributed by atoms with Gasteiger partial charge >= 0.3 is 11.9 Å². The summed E-state index contributed by atoms with van der Waals surface area (Å²) in [5.41, 5.74) is 1.14. The van der Waals surface area contributed by atoms with Crippen LogP contribution >= 0.6 is 0 Å². The lowest BCUT2D eigenvalue weighted by Crippen LogP contribution is -2.19. The van der Waals surface area contributed by atoms with Crippen LogP contribution in [0.5, 0.6) is 0 Å². The minimum atomic E-state index is -0.598. The lowest BCUT2D eigenvalue weighted by Gasteiger charge is -2.10. The molecule has 0 aliphatic rings. The highest BCUT2D eigenvalue weighted by Crippen LogP contribution is 2.13. The maximum absolute atomic E-state index is 11.9. The molecule has 0 saturated heterocycles. The van der Waals surface area contributed by atoms with Crippen molar-refractivity contribution in [2.75, 3.05) is 19.5 Å². The van der Waals surface area contributed by atoms with Gasteiger partial charge in [-0.05, 0) is 23.8 Å². The van der Waals surface area contributed by atoms with E-state index in [0.29, 0.717) is 12.1 Å². The Bertz CT molecular complexity index is 765. The molecule has 0 radical (unpaired) electrons. The number of benzene rings is 1. The number of anilines is 1. The van der Waals surface area contributed by atoms with Gasteiger partial charge in [0.1, 0.15) is 5.69 Å². The number of H-pyrrole nitrogens is 1. The molecule has 0 atom stereocenters. The van der Waals surface area contributed by atoms with Crippen molar-refractivity contribution in [2.24, 2.45) is 0 Å². The Morgan fingerprint density at radius 3 is 2.30 bits per heavy atom. The number of carbonyl (C=O) groups is 2. The first kappa shape index (κ1) is 16.3. The highest BCUT2D eigenvalue weighted by molar-refractivity contribution is 5.95. The molecule has 0 fully saturated rings. The lowest BCUT2D eigenvalue weighted by molar-refractivity contribution is 0.0592. The van der Waals surface area contributed by atoms with Gasteiger partial charge in [-0.3, -0.25) is 4.79 Å². The molecule has 7 nitrogen and oxygen atoms in total. The minimum absolute atomic E-state index is 0.136. The third kappa shape index (κ3) is 3.76. The van der Waals surface area contributed by atoms with Crippen molar-refractivity contribution in [3.8, 4) is 0 Å². The molecular weight excluding hydrogens is 300 g/mol. The second-order valence-electron chi connectivity index (χ2n) is 4.63. The van der Waals surface area contributed by atoms with Crippen LogP contribution < -0.4 is 10.9 Å². The molecule has 1 aromatic heterocycles. The summed E-state index contributed by atoms with van der Waals surface area (Å²) in [6, 6.07) is 8.18. The fraction of sp³-hybridized carbons (Fsp3) is 0.188. The molecule has 0 bridgehead atoms. The highest BCUT2D eigenvalue weighted by atomic mass is 16.5. The molecule has 2 aromatic rings. The van der Waals surface area contributed by atoms with Gasteiger partial charge in [0.05, 0.1) is 25.3 Å². The van der Waals surface area contributed by atoms with Crippen molar-refractivity contribution >= 4 is 17.6 Å². The normalized spacial score (nSPS) is 10.0. The van der Waals surface area contributed by atoms with Crippen molar-refractivity contribution in [1.82, 2.24) is 4.98 Å². The van der Waals surface area contributed by atoms with E-state index in [-0.39, 0.29) is 11.3 Å². The summed E-state index contributed by atoms with van der Waals surface area (Å²) in [5, 5.41) is 2.91. The molecule has 1 heterocycles. The molecule has 7 heteroatoms. The van der Waals surface area contributed by atoms with Gasteiger partial charge in [-0.25, -0.2) is 9.59 Å². The average molecular weight is 316 g/mol. The third-order valence-electron chi connectivity index (χ3n) is 3.21. The Labute approximate surface area is 132 Å². The second kappa shape index (κ2) is 7.26. The number of esters is 2. The number of pyridine rings is 1. The Morgan fingerprint density at radius 2 is 1.70 bits per heavy atom. The van der Waals surface area contributed by atoms with Crippen LogP contribution in [0.1, 0.15) is 26.3 Å². The standard InChI is InChI=1S/C16H16N2O5/c1-22-15(20)11-5-3-10(4-6-11)9-18-13-12(16(21)23-2)7-8-17-14(13)19/h3-8,18H,9H2,1-2H3,(H,17,19). The maximum atomic E-state index is 11.9. The van der Waals surface area contributed by atoms with Crippen LogP contribution in [0.15, 0.2) is 41.3 Å². The summed E-state index contributed by atoms with van der Waals surface area (Å²) in [4.78, 5) is 37.4. The molecule has 0 spiro atoms. The number of aromatic amines is 1. The van der Waals surface area contributed by atoms with Crippen molar-refractivity contribution < 1.29 is 19.1 Å². The molecule has 2 rings (SSSR count). The van der Waals surface area contributed by atoms with Crippen molar-refractivity contribution in [1.29, 1.82) is 0 Å². The van der Waals surface area contributed by atoms with E-state index < -0.39 is 17.5 Å². The predicted molar refractivity (Wildman–Crippen MR) is 83.5 cm³/mol. The number of ether oxygens (including phenoxy) is 2. The minimum Gasteiger partial charge on any atom is -0.465 e. The number of hydrogen-bond donors (Lipinski definition) is 2. The molecule has 0 saturated carbocycles. The SMILES string of the molecule is COC(=O)c1ccc(CNc2c(C(=O)OC)cc[nH]c2=O)cc1. The van der Waals surface area contributed by atoms with Crippen LogP contribution in [-0.4, -0.2) is 31.1 Å². The van der Waals surface area contributed by atoms with Crippen LogP contribution in [-0.2, 0) is 16.0 Å². The molecule has 1 aromatic carbocycles. The fourth-order valence-corrected chi connectivity index (χ4v) is 2.00. The van der Waals surface area contributed by atoms with Crippen LogP contribution in [0.2, 0.25) is 0 Å². The first-order valence-electron chi connectivity index (χ1n) is 6.78. The number of nitrogens with one attached hydrogen (secondary N) is 2. The zero-order valence-corrected chi connectivity index (χ0v) is 12.7. The number of hydrogen-bond acceptors (Lipinski definition) is 6. The summed E-state index contributed by atoms with van der Waals surface area (Å²) in [6.45, 7) is 0.304. The van der Waals surface area contributed by atoms with Crippen molar-refractivity contribution in [2.45, 2.75) is 6.54 Å². The largest absolute Gasteiger partial charge is 0.465 e. The van der Waals surface area contributed by atoms with Gasteiger partial charge in [0.25, 0.3) is 5.56 Å². The van der Waals surface area contributed by atoms with E-state index in [1.807, 2.05) is 0 Å². The van der Waals surface area contributed by atoms with Crippen LogP contribution in [0.4, 0.5) is 5.69 Å². The lowest BCUT2D eigenvalue weighted by atomic mass is 10.1. The molecule has 0 aliphatic heterocycles. The van der Waals surface area contributed by atoms with Gasteiger partial charge in [-0.1, -0.05) is 12.1 Å². The van der Waals surface area contributed by atoms with E-state index in [1.165, 1.54) is 26.5 Å². The zero-order chi connectivity index (χ0) is 16.8. The highest BCUT2D eigenvalue weighted by Gasteiger charge is 2.14. The molecule has 0 unspecified atom stereocenters. The smallest absolute Gasteiger partial charge is 0.340 e. The van der Waals surface area contributed by atoms with Gasteiger partial charge < -0.3 is 19.8 Å². The number of rotatable bonds is 5. The van der Waals surface area contributed by atoms with Gasteiger partial charge in [0, 0.05) is 12.7 Å². The summed E-state index contributed by atoms with van der Waals surface area (Å²) in [6.07, 6.45) is 1.38. The molecule has 0 aliphatic carbocycles. The van der Waals surface area contributed by atoms with E-state index in [4.69, 9.17) is 0 Å². The van der Waals surface area contributed by atoms with Gasteiger partial charge in [0.2, 0.25) is 0 Å². The first-order valence-corrected chi connectivity index (χ1v) is 6.78. The van der Waals surface area contributed by atoms with E-state index in [2.05, 4.69) is 19.8 Å². The zero-order valence-electron chi connectivity index (χ0n) is 12.7. The van der Waals surface area contributed by atoms with Gasteiger partial charge in [-0.2, -0.15) is 0 Å². The second-order valence-corrected chi connectivity index (χ2v) is 4.63. The van der Waals surface area contributed by atoms with E-state index in [1.54, 1.807) is 24.3 Å². The summed E-state index contributed by atoms with van der Waals surface area (Å²) >= 11 is 0. The summed E-state index contributed by atoms with van der Waals surface area (Å²) < 4.78 is 9.28. The average Bonchev–Trinajstić information content (AvgIpc) is 2.59. The number of carbonyl (C=O) groups excluding carboxylic acids is 2. The molecule has 0 amide bonds. The first-order chi connectivity index (χ1) is 11.1. The maximum Gasteiger partial charge on any atom is 0.340 e. The quantitative estimate of drug-likeness (QED) is 0.813. The summed E-state index contributed by atoms with van der Waals surface area (Å²) in [7, 11) is 2.56. The molecule has 23 heavy (non-hydrogen) atoms. The predicted octanol–water partition coefficient (Wildman–Crippen LogP) is 1.56. The van der Waals surface area contributed by atoms with Gasteiger partial charge in [-0.15, -0.1) is 0 Å². The van der Waals surface area contributed by atoms with Crippen LogP contribution in [0, 0.1) is 0 Å².